The van der Waals surface area contributed by atoms with Crippen LogP contribution in [0.15, 0.2) is 29.2 Å². The molecule has 0 unspecified atom stereocenters. The third-order valence-electron chi connectivity index (χ3n) is 4.26. The average Bonchev–Trinajstić information content (AvgIpc) is 2.47. The fraction of sp³-hybridized carbons (Fsp3) is 0.625. The monoisotopic (exact) mass is 310 g/mol. The number of nitrogens with one attached hydrogen (secondary N) is 1. The molecule has 21 heavy (non-hydrogen) atoms. The highest BCUT2D eigenvalue weighted by atomic mass is 32.2. The SMILES string of the molecule is CC(C)c1ccc(S(=O)(=O)NCC2CCN(C)CC2)cc1. The molecular formula is C16H26N2O2S. The van der Waals surface area contributed by atoms with Crippen molar-refractivity contribution in [3.05, 3.63) is 29.8 Å². The Hall–Kier alpha value is -0.910. The number of benzene rings is 1. The second-order valence-electron chi connectivity index (χ2n) is 6.32. The number of likely N-dealkylation sites (tertiary alicyclic amines) is 1. The van der Waals surface area contributed by atoms with E-state index in [2.05, 4.69) is 30.5 Å². The van der Waals surface area contributed by atoms with Gasteiger partial charge in [-0.05, 0) is 62.5 Å². The first-order chi connectivity index (χ1) is 9.88. The van der Waals surface area contributed by atoms with Crippen LogP contribution >= 0.6 is 0 Å². The Bertz CT molecular complexity index is 544. The number of hydrogen-bond donors (Lipinski definition) is 1. The maximum atomic E-state index is 12.3. The van der Waals surface area contributed by atoms with Gasteiger partial charge in [-0.2, -0.15) is 0 Å². The Morgan fingerprint density at radius 1 is 1.19 bits per heavy atom. The lowest BCUT2D eigenvalue weighted by Gasteiger charge is -2.28. The Balaban J connectivity index is 1.95. The third kappa shape index (κ3) is 4.53. The Morgan fingerprint density at radius 3 is 2.29 bits per heavy atom. The molecule has 0 amide bonds. The molecule has 1 aromatic rings. The number of rotatable bonds is 5. The molecule has 0 saturated carbocycles. The van der Waals surface area contributed by atoms with Gasteiger partial charge in [0.25, 0.3) is 0 Å². The molecule has 4 nitrogen and oxygen atoms in total. The van der Waals surface area contributed by atoms with E-state index in [1.807, 2.05) is 12.1 Å². The van der Waals surface area contributed by atoms with Crippen molar-refractivity contribution in [2.45, 2.75) is 37.5 Å². The van der Waals surface area contributed by atoms with E-state index >= 15 is 0 Å². The van der Waals surface area contributed by atoms with Gasteiger partial charge in [0.05, 0.1) is 4.90 Å². The van der Waals surface area contributed by atoms with E-state index in [4.69, 9.17) is 0 Å². The van der Waals surface area contributed by atoms with Crippen molar-refractivity contribution in [1.82, 2.24) is 9.62 Å². The van der Waals surface area contributed by atoms with E-state index in [0.717, 1.165) is 31.5 Å². The van der Waals surface area contributed by atoms with Gasteiger partial charge in [0.1, 0.15) is 0 Å². The van der Waals surface area contributed by atoms with Gasteiger partial charge in [0.15, 0.2) is 0 Å². The van der Waals surface area contributed by atoms with Crippen LogP contribution in [0.25, 0.3) is 0 Å². The van der Waals surface area contributed by atoms with E-state index in [1.165, 1.54) is 0 Å². The van der Waals surface area contributed by atoms with Gasteiger partial charge in [-0.3, -0.25) is 0 Å². The minimum absolute atomic E-state index is 0.361. The van der Waals surface area contributed by atoms with Crippen LogP contribution in [0.4, 0.5) is 0 Å². The highest BCUT2D eigenvalue weighted by molar-refractivity contribution is 7.89. The summed E-state index contributed by atoms with van der Waals surface area (Å²) in [6, 6.07) is 7.20. The third-order valence-corrected chi connectivity index (χ3v) is 5.70. The molecule has 0 atom stereocenters. The Labute approximate surface area is 128 Å². The van der Waals surface area contributed by atoms with Gasteiger partial charge in [-0.15, -0.1) is 0 Å². The highest BCUT2D eigenvalue weighted by Crippen LogP contribution is 2.19. The summed E-state index contributed by atoms with van der Waals surface area (Å²) < 4.78 is 27.4. The lowest BCUT2D eigenvalue weighted by Crippen LogP contribution is -2.36. The van der Waals surface area contributed by atoms with Gasteiger partial charge >= 0.3 is 0 Å². The molecule has 1 aromatic carbocycles. The molecule has 5 heteroatoms. The molecule has 1 saturated heterocycles. The standard InChI is InChI=1S/C16H26N2O2S/c1-13(2)15-4-6-16(7-5-15)21(19,20)17-12-14-8-10-18(3)11-9-14/h4-7,13-14,17H,8-12H2,1-3H3. The molecule has 2 rings (SSSR count). The summed E-state index contributed by atoms with van der Waals surface area (Å²) in [4.78, 5) is 2.65. The van der Waals surface area contributed by atoms with Crippen LogP contribution in [0.3, 0.4) is 0 Å². The van der Waals surface area contributed by atoms with Crippen LogP contribution in [0.2, 0.25) is 0 Å². The van der Waals surface area contributed by atoms with E-state index < -0.39 is 10.0 Å². The average molecular weight is 310 g/mol. The van der Waals surface area contributed by atoms with Crippen molar-refractivity contribution < 1.29 is 8.42 Å². The Kier molecular flexibility index (Phi) is 5.41. The largest absolute Gasteiger partial charge is 0.306 e. The van der Waals surface area contributed by atoms with Crippen molar-refractivity contribution >= 4 is 10.0 Å². The zero-order chi connectivity index (χ0) is 15.5. The van der Waals surface area contributed by atoms with Crippen LogP contribution in [0.5, 0.6) is 0 Å². The smallest absolute Gasteiger partial charge is 0.240 e. The summed E-state index contributed by atoms with van der Waals surface area (Å²) in [6.45, 7) is 6.84. The summed E-state index contributed by atoms with van der Waals surface area (Å²) >= 11 is 0. The van der Waals surface area contributed by atoms with Crippen LogP contribution in [-0.2, 0) is 10.0 Å². The molecule has 1 aliphatic rings. The first-order valence-electron chi connectivity index (χ1n) is 7.66. The lowest BCUT2D eigenvalue weighted by atomic mass is 9.98. The second-order valence-corrected chi connectivity index (χ2v) is 8.09. The quantitative estimate of drug-likeness (QED) is 0.909. The van der Waals surface area contributed by atoms with Crippen LogP contribution < -0.4 is 4.72 Å². The summed E-state index contributed by atoms with van der Waals surface area (Å²) in [5, 5.41) is 0. The van der Waals surface area contributed by atoms with Gasteiger partial charge in [0.2, 0.25) is 10.0 Å². The molecular weight excluding hydrogens is 284 g/mol. The molecule has 0 bridgehead atoms. The number of piperidine rings is 1. The first kappa shape index (κ1) is 16.5. The molecule has 1 heterocycles. The summed E-state index contributed by atoms with van der Waals surface area (Å²) in [6.07, 6.45) is 2.12. The summed E-state index contributed by atoms with van der Waals surface area (Å²) in [5.41, 5.74) is 1.16. The fourth-order valence-corrected chi connectivity index (χ4v) is 3.73. The van der Waals surface area contributed by atoms with E-state index in [-0.39, 0.29) is 0 Å². The predicted molar refractivity (Wildman–Crippen MR) is 85.9 cm³/mol. The van der Waals surface area contributed by atoms with Gasteiger partial charge < -0.3 is 4.90 Å². The normalized spacial score (nSPS) is 18.3. The topological polar surface area (TPSA) is 49.4 Å². The summed E-state index contributed by atoms with van der Waals surface area (Å²) in [5.74, 6) is 0.861. The molecule has 0 radical (unpaired) electrons. The zero-order valence-corrected chi connectivity index (χ0v) is 14.0. The molecule has 0 spiro atoms. The maximum absolute atomic E-state index is 12.3. The predicted octanol–water partition coefficient (Wildman–Crippen LogP) is 2.43. The molecule has 1 fully saturated rings. The molecule has 118 valence electrons. The molecule has 1 N–H and O–H groups in total. The van der Waals surface area contributed by atoms with Crippen molar-refractivity contribution in [1.29, 1.82) is 0 Å². The number of hydrogen-bond acceptors (Lipinski definition) is 3. The summed E-state index contributed by atoms with van der Waals surface area (Å²) in [7, 11) is -1.27. The first-order valence-corrected chi connectivity index (χ1v) is 9.15. The van der Waals surface area contributed by atoms with E-state index in [1.54, 1.807) is 12.1 Å². The minimum Gasteiger partial charge on any atom is -0.306 e. The van der Waals surface area contributed by atoms with E-state index in [9.17, 15) is 8.42 Å². The van der Waals surface area contributed by atoms with Crippen molar-refractivity contribution in [2.75, 3.05) is 26.7 Å². The van der Waals surface area contributed by atoms with Crippen molar-refractivity contribution in [3.63, 3.8) is 0 Å². The van der Waals surface area contributed by atoms with Gasteiger partial charge in [0, 0.05) is 6.54 Å². The van der Waals surface area contributed by atoms with Crippen molar-refractivity contribution in [3.8, 4) is 0 Å². The fourth-order valence-electron chi connectivity index (χ4n) is 2.61. The molecule has 0 aromatic heterocycles. The van der Waals surface area contributed by atoms with Crippen LogP contribution in [-0.4, -0.2) is 40.0 Å². The highest BCUT2D eigenvalue weighted by Gasteiger charge is 2.20. The van der Waals surface area contributed by atoms with Gasteiger partial charge in [-0.1, -0.05) is 26.0 Å². The number of sulfonamides is 1. The van der Waals surface area contributed by atoms with E-state index in [0.29, 0.717) is 23.3 Å². The molecule has 0 aliphatic carbocycles. The number of nitrogens with zero attached hydrogens (tertiary/aromatic N) is 1. The van der Waals surface area contributed by atoms with Crippen molar-refractivity contribution in [2.24, 2.45) is 5.92 Å². The minimum atomic E-state index is -3.38. The Morgan fingerprint density at radius 2 is 1.76 bits per heavy atom. The van der Waals surface area contributed by atoms with Gasteiger partial charge in [-0.25, -0.2) is 13.1 Å². The lowest BCUT2D eigenvalue weighted by molar-refractivity contribution is 0.220. The zero-order valence-electron chi connectivity index (χ0n) is 13.2. The molecule has 1 aliphatic heterocycles. The second kappa shape index (κ2) is 6.90. The van der Waals surface area contributed by atoms with Crippen LogP contribution in [0, 0.1) is 5.92 Å². The van der Waals surface area contributed by atoms with Crippen LogP contribution in [0.1, 0.15) is 38.2 Å². The maximum Gasteiger partial charge on any atom is 0.240 e.